The normalized spacial score (nSPS) is 14.7. The lowest BCUT2D eigenvalue weighted by Crippen LogP contribution is -2.19. The van der Waals surface area contributed by atoms with E-state index in [1.165, 1.54) is 11.1 Å². The molecule has 5 nitrogen and oxygen atoms in total. The van der Waals surface area contributed by atoms with Crippen LogP contribution in [0.1, 0.15) is 17.0 Å². The van der Waals surface area contributed by atoms with Crippen LogP contribution in [0.15, 0.2) is 28.7 Å². The first kappa shape index (κ1) is 11.2. The second-order valence-electron chi connectivity index (χ2n) is 4.56. The van der Waals surface area contributed by atoms with E-state index in [-0.39, 0.29) is 0 Å². The molecule has 1 aromatic heterocycles. The number of hydrogen-bond acceptors (Lipinski definition) is 5. The molecule has 3 rings (SSSR count). The van der Waals surface area contributed by atoms with E-state index in [4.69, 9.17) is 10.2 Å². The van der Waals surface area contributed by atoms with E-state index >= 15 is 0 Å². The first-order valence-electron chi connectivity index (χ1n) is 6.21. The van der Waals surface area contributed by atoms with Crippen molar-refractivity contribution < 1.29 is 4.42 Å². The molecule has 0 atom stereocenters. The number of hydrogen-bond donors (Lipinski definition) is 2. The van der Waals surface area contributed by atoms with Crippen LogP contribution in [0.3, 0.4) is 0 Å². The minimum absolute atomic E-state index is 0.341. The maximum Gasteiger partial charge on any atom is 0.315 e. The summed E-state index contributed by atoms with van der Waals surface area (Å²) < 4.78 is 5.47. The molecule has 0 saturated heterocycles. The number of nitrogens with one attached hydrogen (secondary N) is 1. The van der Waals surface area contributed by atoms with Crippen molar-refractivity contribution in [3.8, 4) is 0 Å². The molecule has 18 heavy (non-hydrogen) atoms. The van der Waals surface area contributed by atoms with Gasteiger partial charge < -0.3 is 15.5 Å². The fraction of sp³-hybridized carbons (Fsp3) is 0.385. The highest BCUT2D eigenvalue weighted by Crippen LogP contribution is 2.23. The van der Waals surface area contributed by atoms with Gasteiger partial charge in [-0.1, -0.05) is 29.4 Å². The van der Waals surface area contributed by atoms with Gasteiger partial charge in [-0.2, -0.15) is 0 Å². The lowest BCUT2D eigenvalue weighted by Gasteiger charge is -2.08. The van der Waals surface area contributed by atoms with Crippen molar-refractivity contribution in [2.75, 3.05) is 11.9 Å². The SMILES string of the molecule is NCCc1nnc(NC2Cc3ccccc3C2)o1. The summed E-state index contributed by atoms with van der Waals surface area (Å²) in [6, 6.07) is 9.33. The summed E-state index contributed by atoms with van der Waals surface area (Å²) in [4.78, 5) is 0. The highest BCUT2D eigenvalue weighted by atomic mass is 16.4. The lowest BCUT2D eigenvalue weighted by atomic mass is 10.1. The zero-order valence-corrected chi connectivity index (χ0v) is 10.1. The molecule has 0 spiro atoms. The summed E-state index contributed by atoms with van der Waals surface area (Å²) in [5, 5.41) is 11.2. The van der Waals surface area contributed by atoms with Gasteiger partial charge in [-0.3, -0.25) is 0 Å². The molecule has 1 aliphatic carbocycles. The van der Waals surface area contributed by atoms with Gasteiger partial charge in [0.25, 0.3) is 0 Å². The summed E-state index contributed by atoms with van der Waals surface area (Å²) in [5.41, 5.74) is 8.24. The molecule has 0 saturated carbocycles. The third-order valence-electron chi connectivity index (χ3n) is 3.20. The van der Waals surface area contributed by atoms with Gasteiger partial charge in [-0.05, 0) is 24.0 Å². The van der Waals surface area contributed by atoms with Crippen molar-refractivity contribution in [2.45, 2.75) is 25.3 Å². The van der Waals surface area contributed by atoms with Crippen LogP contribution in [-0.2, 0) is 19.3 Å². The molecule has 0 radical (unpaired) electrons. The van der Waals surface area contributed by atoms with E-state index in [9.17, 15) is 0 Å². The standard InChI is InChI=1S/C13H16N4O/c14-6-5-12-16-17-13(18-12)15-11-7-9-3-1-2-4-10(9)8-11/h1-4,11H,5-8,14H2,(H,15,17). The molecular weight excluding hydrogens is 228 g/mol. The van der Waals surface area contributed by atoms with Crippen molar-refractivity contribution in [2.24, 2.45) is 5.73 Å². The molecular formula is C13H16N4O. The highest BCUT2D eigenvalue weighted by Gasteiger charge is 2.22. The van der Waals surface area contributed by atoms with Crippen molar-refractivity contribution in [3.63, 3.8) is 0 Å². The Morgan fingerprint density at radius 2 is 1.94 bits per heavy atom. The van der Waals surface area contributed by atoms with Crippen molar-refractivity contribution in [1.82, 2.24) is 10.2 Å². The van der Waals surface area contributed by atoms with E-state index in [0.717, 1.165) is 12.8 Å². The zero-order chi connectivity index (χ0) is 12.4. The van der Waals surface area contributed by atoms with Crippen LogP contribution >= 0.6 is 0 Å². The van der Waals surface area contributed by atoms with E-state index in [2.05, 4.69) is 39.8 Å². The van der Waals surface area contributed by atoms with Gasteiger partial charge in [0.05, 0.1) is 0 Å². The average molecular weight is 244 g/mol. The van der Waals surface area contributed by atoms with Gasteiger partial charge in [-0.15, -0.1) is 5.10 Å². The first-order valence-corrected chi connectivity index (χ1v) is 6.21. The van der Waals surface area contributed by atoms with Crippen molar-refractivity contribution in [1.29, 1.82) is 0 Å². The van der Waals surface area contributed by atoms with Crippen LogP contribution in [0, 0.1) is 0 Å². The number of aromatic nitrogens is 2. The smallest absolute Gasteiger partial charge is 0.315 e. The minimum atomic E-state index is 0.341. The second kappa shape index (κ2) is 4.78. The number of rotatable bonds is 4. The van der Waals surface area contributed by atoms with Crippen LogP contribution in [0.25, 0.3) is 0 Å². The van der Waals surface area contributed by atoms with Crippen LogP contribution in [0.2, 0.25) is 0 Å². The van der Waals surface area contributed by atoms with Crippen molar-refractivity contribution in [3.05, 3.63) is 41.3 Å². The van der Waals surface area contributed by atoms with E-state index in [1.54, 1.807) is 0 Å². The highest BCUT2D eigenvalue weighted by molar-refractivity contribution is 5.37. The Morgan fingerprint density at radius 3 is 2.61 bits per heavy atom. The molecule has 1 aromatic carbocycles. The maximum absolute atomic E-state index is 5.47. The second-order valence-corrected chi connectivity index (χ2v) is 4.56. The van der Waals surface area contributed by atoms with Gasteiger partial charge in [-0.25, -0.2) is 0 Å². The summed E-state index contributed by atoms with van der Waals surface area (Å²) in [7, 11) is 0. The number of fused-ring (bicyclic) bond motifs is 1. The number of anilines is 1. The fourth-order valence-corrected chi connectivity index (χ4v) is 2.37. The number of nitrogens with two attached hydrogens (primary N) is 1. The predicted molar refractivity (Wildman–Crippen MR) is 68.3 cm³/mol. The Labute approximate surface area is 105 Å². The Morgan fingerprint density at radius 1 is 1.22 bits per heavy atom. The third kappa shape index (κ3) is 2.22. The Hall–Kier alpha value is -1.88. The van der Waals surface area contributed by atoms with Gasteiger partial charge in [0.15, 0.2) is 0 Å². The van der Waals surface area contributed by atoms with Crippen LogP contribution in [0.4, 0.5) is 6.01 Å². The third-order valence-corrected chi connectivity index (χ3v) is 3.20. The van der Waals surface area contributed by atoms with Crippen molar-refractivity contribution >= 4 is 6.01 Å². The largest absolute Gasteiger partial charge is 0.408 e. The predicted octanol–water partition coefficient (Wildman–Crippen LogP) is 1.15. The molecule has 0 amide bonds. The Balaban J connectivity index is 1.65. The Bertz CT molecular complexity index is 512. The van der Waals surface area contributed by atoms with Crippen LogP contribution in [0.5, 0.6) is 0 Å². The summed E-state index contributed by atoms with van der Waals surface area (Å²) in [5.74, 6) is 0.593. The molecule has 3 N–H and O–H groups in total. The summed E-state index contributed by atoms with van der Waals surface area (Å²) in [6.07, 6.45) is 2.63. The van der Waals surface area contributed by atoms with Gasteiger partial charge in [0.2, 0.25) is 5.89 Å². The minimum Gasteiger partial charge on any atom is -0.408 e. The average Bonchev–Trinajstić information content (AvgIpc) is 2.96. The number of benzene rings is 1. The first-order chi connectivity index (χ1) is 8.85. The van der Waals surface area contributed by atoms with Gasteiger partial charge in [0, 0.05) is 19.0 Å². The molecule has 1 aliphatic rings. The summed E-state index contributed by atoms with van der Waals surface area (Å²) >= 11 is 0. The molecule has 5 heteroatoms. The fourth-order valence-electron chi connectivity index (χ4n) is 2.37. The molecule has 1 heterocycles. The van der Waals surface area contributed by atoms with E-state index in [0.29, 0.717) is 30.9 Å². The maximum atomic E-state index is 5.47. The molecule has 94 valence electrons. The molecule has 0 unspecified atom stereocenters. The quantitative estimate of drug-likeness (QED) is 0.843. The lowest BCUT2D eigenvalue weighted by molar-refractivity contribution is 0.499. The zero-order valence-electron chi connectivity index (χ0n) is 10.1. The van der Waals surface area contributed by atoms with Crippen LogP contribution < -0.4 is 11.1 Å². The number of nitrogens with zero attached hydrogens (tertiary/aromatic N) is 2. The molecule has 0 aliphatic heterocycles. The monoisotopic (exact) mass is 244 g/mol. The Kier molecular flexibility index (Phi) is 2.98. The summed E-state index contributed by atoms with van der Waals surface area (Å²) in [6.45, 7) is 0.524. The molecule has 0 bridgehead atoms. The molecule has 0 fully saturated rings. The van der Waals surface area contributed by atoms with Gasteiger partial charge >= 0.3 is 6.01 Å². The topological polar surface area (TPSA) is 77.0 Å². The van der Waals surface area contributed by atoms with Gasteiger partial charge in [0.1, 0.15) is 0 Å². The van der Waals surface area contributed by atoms with E-state index < -0.39 is 0 Å². The van der Waals surface area contributed by atoms with Crippen LogP contribution in [-0.4, -0.2) is 22.8 Å². The van der Waals surface area contributed by atoms with E-state index in [1.807, 2.05) is 0 Å². The molecule has 2 aromatic rings.